The van der Waals surface area contributed by atoms with Gasteiger partial charge in [0, 0.05) is 13.1 Å². The molecule has 0 bridgehead atoms. The van der Waals surface area contributed by atoms with Gasteiger partial charge in [-0.05, 0) is 18.3 Å². The van der Waals surface area contributed by atoms with Crippen molar-refractivity contribution in [1.82, 2.24) is 9.03 Å². The van der Waals surface area contributed by atoms with Crippen LogP contribution in [0.15, 0.2) is 0 Å². The van der Waals surface area contributed by atoms with Crippen molar-refractivity contribution < 1.29 is 17.2 Å². The van der Waals surface area contributed by atoms with Crippen LogP contribution in [0.4, 0.5) is 8.78 Å². The maximum Gasteiger partial charge on any atom is 0.279 e. The van der Waals surface area contributed by atoms with Crippen LogP contribution in [0.25, 0.3) is 0 Å². The summed E-state index contributed by atoms with van der Waals surface area (Å²) in [5.74, 6) is -2.74. The van der Waals surface area contributed by atoms with Crippen molar-refractivity contribution in [2.45, 2.75) is 26.2 Å². The lowest BCUT2D eigenvalue weighted by atomic mass is 9.94. The third-order valence-electron chi connectivity index (χ3n) is 2.99. The summed E-state index contributed by atoms with van der Waals surface area (Å²) in [6.45, 7) is 2.81. The Labute approximate surface area is 119 Å². The van der Waals surface area contributed by atoms with Crippen LogP contribution in [-0.2, 0) is 10.2 Å². The van der Waals surface area contributed by atoms with Gasteiger partial charge in [-0.3, -0.25) is 0 Å². The van der Waals surface area contributed by atoms with Gasteiger partial charge in [-0.2, -0.15) is 17.4 Å². The van der Waals surface area contributed by atoms with Crippen LogP contribution in [0.3, 0.4) is 0 Å². The molecule has 0 aromatic heterocycles. The van der Waals surface area contributed by atoms with Gasteiger partial charge in [0.2, 0.25) is 0 Å². The van der Waals surface area contributed by atoms with Gasteiger partial charge >= 0.3 is 0 Å². The van der Waals surface area contributed by atoms with E-state index in [4.69, 9.17) is 5.73 Å². The first-order valence-corrected chi connectivity index (χ1v) is 7.43. The molecule has 0 spiro atoms. The normalized spacial score (nSPS) is 25.9. The van der Waals surface area contributed by atoms with Crippen LogP contribution in [0, 0.1) is 11.8 Å². The van der Waals surface area contributed by atoms with Crippen LogP contribution in [0.1, 0.15) is 20.3 Å². The number of nitrogens with one attached hydrogen (secondary N) is 1. The zero-order chi connectivity index (χ0) is 14.0. The molecule has 0 aromatic carbocycles. The molecular formula is C10H22ClF2N3O2S. The van der Waals surface area contributed by atoms with Gasteiger partial charge in [0.25, 0.3) is 16.1 Å². The van der Waals surface area contributed by atoms with E-state index in [0.29, 0.717) is 13.1 Å². The average molecular weight is 322 g/mol. The lowest BCUT2D eigenvalue weighted by Crippen LogP contribution is -2.51. The summed E-state index contributed by atoms with van der Waals surface area (Å²) < 4.78 is 52.8. The van der Waals surface area contributed by atoms with Crippen LogP contribution < -0.4 is 10.5 Å². The third-order valence-corrected chi connectivity index (χ3v) is 4.47. The number of alkyl halides is 2. The number of nitrogens with zero attached hydrogens (tertiary/aromatic N) is 1. The number of hydrogen-bond donors (Lipinski definition) is 2. The first-order valence-electron chi connectivity index (χ1n) is 5.99. The highest BCUT2D eigenvalue weighted by Crippen LogP contribution is 2.22. The predicted octanol–water partition coefficient (Wildman–Crippen LogP) is 0.815. The van der Waals surface area contributed by atoms with E-state index < -0.39 is 29.2 Å². The molecule has 3 N–H and O–H groups in total. The van der Waals surface area contributed by atoms with E-state index in [1.165, 1.54) is 4.31 Å². The molecule has 1 aliphatic heterocycles. The Bertz CT molecular complexity index is 371. The van der Waals surface area contributed by atoms with Crippen molar-refractivity contribution in [1.29, 1.82) is 0 Å². The number of rotatable bonds is 5. The summed E-state index contributed by atoms with van der Waals surface area (Å²) in [6, 6.07) is 0. The Hall–Kier alpha value is -0.0200. The molecule has 0 radical (unpaired) electrons. The Morgan fingerprint density at radius 3 is 2.21 bits per heavy atom. The fourth-order valence-electron chi connectivity index (χ4n) is 2.16. The molecule has 0 aliphatic carbocycles. The van der Waals surface area contributed by atoms with Gasteiger partial charge in [0.05, 0.1) is 13.1 Å². The summed E-state index contributed by atoms with van der Waals surface area (Å²) in [4.78, 5) is 0. The molecule has 0 saturated carbocycles. The maximum absolute atomic E-state index is 12.9. The molecule has 116 valence electrons. The smallest absolute Gasteiger partial charge is 0.279 e. The molecule has 2 unspecified atom stereocenters. The Morgan fingerprint density at radius 1 is 1.32 bits per heavy atom. The van der Waals surface area contributed by atoms with Gasteiger partial charge in [-0.25, -0.2) is 8.78 Å². The fourth-order valence-corrected chi connectivity index (χ4v) is 3.64. The Balaban J connectivity index is 0.00000324. The first kappa shape index (κ1) is 19.0. The van der Waals surface area contributed by atoms with E-state index in [9.17, 15) is 17.2 Å². The van der Waals surface area contributed by atoms with Gasteiger partial charge in [0.15, 0.2) is 0 Å². The molecule has 5 nitrogen and oxygen atoms in total. The minimum Gasteiger partial charge on any atom is -0.325 e. The molecule has 0 aromatic rings. The fraction of sp³-hybridized carbons (Fsp3) is 1.00. The second-order valence-corrected chi connectivity index (χ2v) is 6.90. The maximum atomic E-state index is 12.9. The lowest BCUT2D eigenvalue weighted by Gasteiger charge is -2.34. The van der Waals surface area contributed by atoms with Crippen LogP contribution in [-0.4, -0.2) is 44.8 Å². The minimum absolute atomic E-state index is 0. The summed E-state index contributed by atoms with van der Waals surface area (Å²) in [7, 11) is -3.84. The zero-order valence-electron chi connectivity index (χ0n) is 11.1. The Morgan fingerprint density at radius 2 is 1.79 bits per heavy atom. The van der Waals surface area contributed by atoms with Crippen molar-refractivity contribution >= 4 is 22.6 Å². The molecule has 9 heteroatoms. The standard InChI is InChI=1S/C10H21F2N3O2S.ClH/c1-8-3-9(2)5-15(4-8)18(16,17)14-7-10(11,12)6-13;/h8-9,14H,3-7,13H2,1-2H3;1H. The molecule has 1 aliphatic rings. The number of piperidine rings is 1. The van der Waals surface area contributed by atoms with E-state index in [1.54, 1.807) is 0 Å². The topological polar surface area (TPSA) is 75.4 Å². The largest absolute Gasteiger partial charge is 0.325 e. The van der Waals surface area contributed by atoms with Crippen LogP contribution in [0.2, 0.25) is 0 Å². The molecule has 2 atom stereocenters. The second-order valence-electron chi connectivity index (χ2n) is 5.15. The van der Waals surface area contributed by atoms with E-state index in [1.807, 2.05) is 18.6 Å². The quantitative estimate of drug-likeness (QED) is 0.787. The summed E-state index contributed by atoms with van der Waals surface area (Å²) in [6.07, 6.45) is 0.949. The predicted molar refractivity (Wildman–Crippen MR) is 72.7 cm³/mol. The molecule has 1 fully saturated rings. The van der Waals surface area contributed by atoms with Gasteiger partial charge in [-0.15, -0.1) is 12.4 Å². The van der Waals surface area contributed by atoms with E-state index in [0.717, 1.165) is 6.42 Å². The second kappa shape index (κ2) is 7.12. The highest BCUT2D eigenvalue weighted by molar-refractivity contribution is 7.87. The summed E-state index contributed by atoms with van der Waals surface area (Å²) >= 11 is 0. The molecule has 19 heavy (non-hydrogen) atoms. The summed E-state index contributed by atoms with van der Waals surface area (Å²) in [5, 5.41) is 0. The minimum atomic E-state index is -3.84. The molecular weight excluding hydrogens is 300 g/mol. The lowest BCUT2D eigenvalue weighted by molar-refractivity contribution is 0.0165. The first-order chi connectivity index (χ1) is 8.16. The van der Waals surface area contributed by atoms with Crippen molar-refractivity contribution in [3.63, 3.8) is 0 Å². The van der Waals surface area contributed by atoms with Crippen LogP contribution >= 0.6 is 12.4 Å². The van der Waals surface area contributed by atoms with E-state index >= 15 is 0 Å². The highest BCUT2D eigenvalue weighted by Gasteiger charge is 2.34. The van der Waals surface area contributed by atoms with Crippen LogP contribution in [0.5, 0.6) is 0 Å². The average Bonchev–Trinajstić information content (AvgIpc) is 2.25. The molecule has 1 rings (SSSR count). The third kappa shape index (κ3) is 5.86. The van der Waals surface area contributed by atoms with Crippen molar-refractivity contribution in [3.8, 4) is 0 Å². The van der Waals surface area contributed by atoms with E-state index in [2.05, 4.69) is 0 Å². The van der Waals surface area contributed by atoms with Gasteiger partial charge in [-0.1, -0.05) is 13.8 Å². The van der Waals surface area contributed by atoms with Crippen molar-refractivity contribution in [3.05, 3.63) is 0 Å². The molecule has 0 amide bonds. The van der Waals surface area contributed by atoms with Crippen molar-refractivity contribution in [2.24, 2.45) is 17.6 Å². The monoisotopic (exact) mass is 321 g/mol. The molecule has 1 heterocycles. The highest BCUT2D eigenvalue weighted by atomic mass is 35.5. The SMILES string of the molecule is CC1CC(C)CN(S(=O)(=O)NCC(F)(F)CN)C1.Cl. The number of nitrogens with two attached hydrogens (primary N) is 1. The van der Waals surface area contributed by atoms with Gasteiger partial charge in [0.1, 0.15) is 0 Å². The Kier molecular flexibility index (Phi) is 7.11. The zero-order valence-corrected chi connectivity index (χ0v) is 12.7. The number of hydrogen-bond acceptors (Lipinski definition) is 3. The van der Waals surface area contributed by atoms with Gasteiger partial charge < -0.3 is 5.73 Å². The number of halogens is 3. The summed E-state index contributed by atoms with van der Waals surface area (Å²) in [5.41, 5.74) is 4.86. The van der Waals surface area contributed by atoms with Crippen molar-refractivity contribution in [2.75, 3.05) is 26.2 Å². The van der Waals surface area contributed by atoms with E-state index in [-0.39, 0.29) is 24.2 Å². The molecule has 1 saturated heterocycles.